The molecule has 0 fully saturated rings. The van der Waals surface area contributed by atoms with Gasteiger partial charge in [0.25, 0.3) is 0 Å². The highest BCUT2D eigenvalue weighted by atomic mass is 16.5. The number of hydrogen-bond donors (Lipinski definition) is 3. The summed E-state index contributed by atoms with van der Waals surface area (Å²) in [4.78, 5) is 0. The van der Waals surface area contributed by atoms with E-state index in [2.05, 4.69) is 0 Å². The van der Waals surface area contributed by atoms with Crippen LogP contribution in [-0.2, 0) is 0 Å². The highest BCUT2D eigenvalue weighted by Gasteiger charge is 2.14. The van der Waals surface area contributed by atoms with Gasteiger partial charge in [0.05, 0.1) is 14.2 Å². The second kappa shape index (κ2) is 5.58. The average Bonchev–Trinajstić information content (AvgIpc) is 2.29. The summed E-state index contributed by atoms with van der Waals surface area (Å²) in [5.41, 5.74) is 12.2. The molecule has 5 heteroatoms. The summed E-state index contributed by atoms with van der Waals surface area (Å²) in [5, 5.41) is 9.71. The lowest BCUT2D eigenvalue weighted by atomic mass is 10.0. The Labute approximate surface area is 95.0 Å². The monoisotopic (exact) mass is 226 g/mol. The molecule has 0 aromatic heterocycles. The summed E-state index contributed by atoms with van der Waals surface area (Å²) >= 11 is 0. The van der Waals surface area contributed by atoms with E-state index in [-0.39, 0.29) is 11.8 Å². The van der Waals surface area contributed by atoms with Crippen LogP contribution in [0.3, 0.4) is 0 Å². The lowest BCUT2D eigenvalue weighted by molar-refractivity contribution is 0.338. The summed E-state index contributed by atoms with van der Waals surface area (Å²) in [6.07, 6.45) is 0.664. The number of nitrogens with two attached hydrogens (primary N) is 2. The number of hydrogen-bond acceptors (Lipinski definition) is 5. The van der Waals surface area contributed by atoms with Gasteiger partial charge in [0.1, 0.15) is 0 Å². The molecule has 5 N–H and O–H groups in total. The fraction of sp³-hybridized carbons (Fsp3) is 0.455. The first-order valence-electron chi connectivity index (χ1n) is 5.04. The molecule has 16 heavy (non-hydrogen) atoms. The highest BCUT2D eigenvalue weighted by molar-refractivity contribution is 5.53. The Kier molecular flexibility index (Phi) is 4.39. The quantitative estimate of drug-likeness (QED) is 0.689. The summed E-state index contributed by atoms with van der Waals surface area (Å²) < 4.78 is 10.1. The molecule has 0 aliphatic rings. The lowest BCUT2D eigenvalue weighted by Gasteiger charge is -2.15. The van der Waals surface area contributed by atoms with E-state index < -0.39 is 0 Å². The Hall–Kier alpha value is -1.46. The third-order valence-electron chi connectivity index (χ3n) is 2.41. The van der Waals surface area contributed by atoms with Gasteiger partial charge in [0, 0.05) is 6.04 Å². The average molecular weight is 226 g/mol. The molecule has 90 valence electrons. The van der Waals surface area contributed by atoms with Gasteiger partial charge < -0.3 is 26.0 Å². The molecule has 1 aromatic rings. The number of benzene rings is 1. The Bertz CT molecular complexity index is 330. The first-order chi connectivity index (χ1) is 7.63. The first kappa shape index (κ1) is 12.6. The van der Waals surface area contributed by atoms with Crippen molar-refractivity contribution in [2.45, 2.75) is 12.5 Å². The zero-order valence-electron chi connectivity index (χ0n) is 9.56. The molecule has 0 aliphatic carbocycles. The minimum absolute atomic E-state index is 0.0197. The van der Waals surface area contributed by atoms with Gasteiger partial charge >= 0.3 is 0 Å². The fourth-order valence-electron chi connectivity index (χ4n) is 1.47. The minimum Gasteiger partial charge on any atom is -0.502 e. The van der Waals surface area contributed by atoms with Crippen molar-refractivity contribution in [3.05, 3.63) is 17.7 Å². The van der Waals surface area contributed by atoms with Crippen molar-refractivity contribution in [1.29, 1.82) is 0 Å². The third kappa shape index (κ3) is 2.56. The van der Waals surface area contributed by atoms with Crippen LogP contribution < -0.4 is 20.9 Å². The van der Waals surface area contributed by atoms with Crippen molar-refractivity contribution < 1.29 is 14.6 Å². The van der Waals surface area contributed by atoms with Crippen LogP contribution in [0.25, 0.3) is 0 Å². The van der Waals surface area contributed by atoms with Crippen molar-refractivity contribution in [2.24, 2.45) is 11.5 Å². The standard InChI is InChI=1S/C11H18N2O3/c1-15-9-5-7(8(13)3-4-12)6-10(16-2)11(9)14/h5-6,8,14H,3-4,12-13H2,1-2H3/t8-/m1/s1. The molecule has 0 heterocycles. The number of phenolic OH excluding ortho intramolecular Hbond substituents is 1. The number of aromatic hydroxyl groups is 1. The number of rotatable bonds is 5. The van der Waals surface area contributed by atoms with E-state index in [0.717, 1.165) is 5.56 Å². The maximum absolute atomic E-state index is 9.71. The Morgan fingerprint density at radius 3 is 2.12 bits per heavy atom. The van der Waals surface area contributed by atoms with Crippen molar-refractivity contribution in [2.75, 3.05) is 20.8 Å². The molecule has 0 amide bonds. The molecule has 1 atom stereocenters. The van der Waals surface area contributed by atoms with Crippen LogP contribution in [0.1, 0.15) is 18.0 Å². The first-order valence-corrected chi connectivity index (χ1v) is 5.04. The lowest BCUT2D eigenvalue weighted by Crippen LogP contribution is -2.15. The summed E-state index contributed by atoms with van der Waals surface area (Å²) in [6, 6.07) is 3.20. The van der Waals surface area contributed by atoms with E-state index in [1.807, 2.05) is 0 Å². The number of ether oxygens (including phenoxy) is 2. The van der Waals surface area contributed by atoms with Gasteiger partial charge in [-0.15, -0.1) is 0 Å². The molecule has 0 radical (unpaired) electrons. The van der Waals surface area contributed by atoms with Crippen molar-refractivity contribution in [3.63, 3.8) is 0 Å². The van der Waals surface area contributed by atoms with Gasteiger partial charge in [-0.05, 0) is 30.7 Å². The Morgan fingerprint density at radius 1 is 1.25 bits per heavy atom. The van der Waals surface area contributed by atoms with Crippen LogP contribution in [0.15, 0.2) is 12.1 Å². The van der Waals surface area contributed by atoms with Gasteiger partial charge in [0.15, 0.2) is 11.5 Å². The van der Waals surface area contributed by atoms with E-state index in [1.165, 1.54) is 14.2 Å². The predicted octanol–water partition coefficient (Wildman–Crippen LogP) is 0.758. The van der Waals surface area contributed by atoms with Gasteiger partial charge in [-0.25, -0.2) is 0 Å². The topological polar surface area (TPSA) is 90.7 Å². The highest BCUT2D eigenvalue weighted by Crippen LogP contribution is 2.38. The predicted molar refractivity (Wildman–Crippen MR) is 61.8 cm³/mol. The van der Waals surface area contributed by atoms with Crippen molar-refractivity contribution in [1.82, 2.24) is 0 Å². The second-order valence-electron chi connectivity index (χ2n) is 3.46. The second-order valence-corrected chi connectivity index (χ2v) is 3.46. The zero-order chi connectivity index (χ0) is 12.1. The largest absolute Gasteiger partial charge is 0.502 e. The van der Waals surface area contributed by atoms with Crippen LogP contribution in [0.2, 0.25) is 0 Å². The molecule has 0 saturated heterocycles. The van der Waals surface area contributed by atoms with E-state index >= 15 is 0 Å². The maximum Gasteiger partial charge on any atom is 0.200 e. The maximum atomic E-state index is 9.71. The Morgan fingerprint density at radius 2 is 1.75 bits per heavy atom. The minimum atomic E-state index is -0.187. The van der Waals surface area contributed by atoms with Gasteiger partial charge in [-0.3, -0.25) is 0 Å². The summed E-state index contributed by atoms with van der Waals surface area (Å²) in [6.45, 7) is 0.507. The molecule has 0 saturated carbocycles. The number of methoxy groups -OCH3 is 2. The molecule has 1 rings (SSSR count). The van der Waals surface area contributed by atoms with Gasteiger partial charge in [-0.1, -0.05) is 0 Å². The summed E-state index contributed by atoms with van der Waals surface area (Å²) in [5.74, 6) is 0.678. The normalized spacial score (nSPS) is 12.2. The van der Waals surface area contributed by atoms with E-state index in [9.17, 15) is 5.11 Å². The van der Waals surface area contributed by atoms with Crippen molar-refractivity contribution >= 4 is 0 Å². The molecule has 0 bridgehead atoms. The van der Waals surface area contributed by atoms with Crippen molar-refractivity contribution in [3.8, 4) is 17.2 Å². The van der Waals surface area contributed by atoms with Crippen LogP contribution in [0.5, 0.6) is 17.2 Å². The van der Waals surface area contributed by atoms with Gasteiger partial charge in [-0.2, -0.15) is 0 Å². The molecule has 1 aromatic carbocycles. The van der Waals surface area contributed by atoms with E-state index in [4.69, 9.17) is 20.9 Å². The van der Waals surface area contributed by atoms with E-state index in [0.29, 0.717) is 24.5 Å². The van der Waals surface area contributed by atoms with E-state index in [1.54, 1.807) is 12.1 Å². The van der Waals surface area contributed by atoms with Gasteiger partial charge in [0.2, 0.25) is 5.75 Å². The molecular formula is C11H18N2O3. The van der Waals surface area contributed by atoms with Crippen LogP contribution in [0.4, 0.5) is 0 Å². The Balaban J connectivity index is 3.11. The van der Waals surface area contributed by atoms with Crippen LogP contribution in [-0.4, -0.2) is 25.9 Å². The molecule has 5 nitrogen and oxygen atoms in total. The van der Waals surface area contributed by atoms with Crippen LogP contribution in [0, 0.1) is 0 Å². The van der Waals surface area contributed by atoms with Crippen LogP contribution >= 0.6 is 0 Å². The third-order valence-corrected chi connectivity index (χ3v) is 2.41. The molecule has 0 unspecified atom stereocenters. The SMILES string of the molecule is COc1cc([C@H](N)CCN)cc(OC)c1O. The smallest absolute Gasteiger partial charge is 0.200 e. The molecule has 0 aliphatic heterocycles. The number of phenols is 1. The molecular weight excluding hydrogens is 208 g/mol. The molecule has 0 spiro atoms. The fourth-order valence-corrected chi connectivity index (χ4v) is 1.47. The zero-order valence-corrected chi connectivity index (χ0v) is 9.56. The summed E-state index contributed by atoms with van der Waals surface area (Å²) in [7, 11) is 2.96.